The Bertz CT molecular complexity index is 643. The molecule has 1 aromatic heterocycles. The van der Waals surface area contributed by atoms with Crippen LogP contribution >= 0.6 is 7.53 Å². The Morgan fingerprint density at radius 2 is 1.37 bits per heavy atom. The Hall–Kier alpha value is -1.30. The van der Waals surface area contributed by atoms with Crippen LogP contribution in [0.4, 0.5) is 0 Å². The molecule has 0 aliphatic rings. The summed E-state index contributed by atoms with van der Waals surface area (Å²) < 4.78 is 0. The zero-order valence-electron chi connectivity index (χ0n) is 11.6. The van der Waals surface area contributed by atoms with Crippen molar-refractivity contribution < 1.29 is 0 Å². The van der Waals surface area contributed by atoms with E-state index in [0.29, 0.717) is 0 Å². The Balaban J connectivity index is 2.09. The molecule has 1 heterocycles. The first-order chi connectivity index (χ1) is 9.27. The highest BCUT2D eigenvalue weighted by Gasteiger charge is 2.10. The van der Waals surface area contributed by atoms with E-state index in [1.165, 1.54) is 29.9 Å². The molecule has 0 fully saturated rings. The molecule has 0 aliphatic heterocycles. The van der Waals surface area contributed by atoms with Gasteiger partial charge in [-0.1, -0.05) is 48.5 Å². The minimum atomic E-state index is -0.134. The summed E-state index contributed by atoms with van der Waals surface area (Å²) in [4.78, 5) is 2.28. The highest BCUT2D eigenvalue weighted by atomic mass is 31.1. The molecule has 19 heavy (non-hydrogen) atoms. The average Bonchev–Trinajstić information content (AvgIpc) is 2.74. The summed E-state index contributed by atoms with van der Waals surface area (Å²) in [5, 5.41) is 6.10. The SMILES string of the molecule is CN(C)CCCp1c2ccccc2c2ccccc21. The lowest BCUT2D eigenvalue weighted by Gasteiger charge is -2.09. The van der Waals surface area contributed by atoms with E-state index in [4.69, 9.17) is 0 Å². The van der Waals surface area contributed by atoms with E-state index < -0.39 is 0 Å². The molecule has 0 saturated carbocycles. The molecule has 0 atom stereocenters. The minimum Gasteiger partial charge on any atom is -0.309 e. The summed E-state index contributed by atoms with van der Waals surface area (Å²) in [6.45, 7) is 1.18. The highest BCUT2D eigenvalue weighted by molar-refractivity contribution is 7.60. The Kier molecular flexibility index (Phi) is 3.59. The average molecular weight is 269 g/mol. The van der Waals surface area contributed by atoms with Gasteiger partial charge in [0.1, 0.15) is 0 Å². The molecule has 2 heteroatoms. The van der Waals surface area contributed by atoms with Crippen molar-refractivity contribution in [2.24, 2.45) is 0 Å². The molecule has 98 valence electrons. The first-order valence-corrected chi connectivity index (χ1v) is 8.41. The number of fused-ring (bicyclic) bond motifs is 3. The summed E-state index contributed by atoms with van der Waals surface area (Å²) in [5.74, 6) is 0. The van der Waals surface area contributed by atoms with Gasteiger partial charge in [0.15, 0.2) is 0 Å². The zero-order chi connectivity index (χ0) is 13.2. The van der Waals surface area contributed by atoms with Crippen molar-refractivity contribution in [2.45, 2.75) is 12.6 Å². The summed E-state index contributed by atoms with van der Waals surface area (Å²) in [7, 11) is 4.18. The third-order valence-electron chi connectivity index (χ3n) is 3.67. The highest BCUT2D eigenvalue weighted by Crippen LogP contribution is 2.49. The molecule has 1 nitrogen and oxygen atoms in total. The minimum absolute atomic E-state index is 0.134. The van der Waals surface area contributed by atoms with Crippen molar-refractivity contribution in [1.29, 1.82) is 0 Å². The maximum Gasteiger partial charge on any atom is 0.00238 e. The summed E-state index contributed by atoms with van der Waals surface area (Å²) >= 11 is 0. The van der Waals surface area contributed by atoms with Crippen LogP contribution in [-0.2, 0) is 6.16 Å². The van der Waals surface area contributed by atoms with Gasteiger partial charge in [0.05, 0.1) is 0 Å². The van der Waals surface area contributed by atoms with E-state index in [1.807, 2.05) is 0 Å². The molecule has 0 amide bonds. The van der Waals surface area contributed by atoms with Crippen LogP contribution in [0.15, 0.2) is 48.5 Å². The topological polar surface area (TPSA) is 3.24 Å². The smallest absolute Gasteiger partial charge is 0.00238 e. The zero-order valence-corrected chi connectivity index (χ0v) is 12.5. The monoisotopic (exact) mass is 269 g/mol. The van der Waals surface area contributed by atoms with Crippen LogP contribution in [0.2, 0.25) is 0 Å². The fourth-order valence-electron chi connectivity index (χ4n) is 2.79. The molecular formula is C17H20NP. The van der Waals surface area contributed by atoms with E-state index in [2.05, 4.69) is 67.5 Å². The van der Waals surface area contributed by atoms with E-state index >= 15 is 0 Å². The van der Waals surface area contributed by atoms with Crippen LogP contribution in [0.25, 0.3) is 21.0 Å². The predicted octanol–water partition coefficient (Wildman–Crippen LogP) is 4.93. The first-order valence-electron chi connectivity index (χ1n) is 6.88. The molecule has 0 spiro atoms. The standard InChI is InChI=1S/C17H20NP/c1-18(2)12-7-13-19-16-10-5-3-8-14(16)15-9-4-6-11-17(15)19/h3-6,8-11H,7,12-13H2,1-2H3. The fourth-order valence-corrected chi connectivity index (χ4v) is 5.49. The summed E-state index contributed by atoms with van der Waals surface area (Å²) in [6, 6.07) is 17.9. The van der Waals surface area contributed by atoms with Crippen LogP contribution in [0.5, 0.6) is 0 Å². The number of benzene rings is 2. The van der Waals surface area contributed by atoms with Crippen molar-refractivity contribution in [2.75, 3.05) is 20.6 Å². The van der Waals surface area contributed by atoms with Gasteiger partial charge in [0.2, 0.25) is 0 Å². The second-order valence-corrected chi connectivity index (χ2v) is 7.61. The molecule has 0 radical (unpaired) electrons. The lowest BCUT2D eigenvalue weighted by Crippen LogP contribution is -2.12. The van der Waals surface area contributed by atoms with E-state index in [1.54, 1.807) is 10.2 Å². The molecule has 0 N–H and O–H groups in total. The summed E-state index contributed by atoms with van der Waals surface area (Å²) in [6.07, 6.45) is 2.59. The second-order valence-electron chi connectivity index (χ2n) is 5.34. The predicted molar refractivity (Wildman–Crippen MR) is 87.3 cm³/mol. The Morgan fingerprint density at radius 1 is 0.842 bits per heavy atom. The van der Waals surface area contributed by atoms with Crippen molar-refractivity contribution in [1.82, 2.24) is 4.90 Å². The number of hydrogen-bond donors (Lipinski definition) is 0. The van der Waals surface area contributed by atoms with Gasteiger partial charge in [-0.3, -0.25) is 0 Å². The Morgan fingerprint density at radius 3 is 1.89 bits per heavy atom. The van der Waals surface area contributed by atoms with Crippen LogP contribution < -0.4 is 0 Å². The lowest BCUT2D eigenvalue weighted by atomic mass is 10.2. The third-order valence-corrected chi connectivity index (χ3v) is 6.37. The van der Waals surface area contributed by atoms with Gasteiger partial charge in [0.25, 0.3) is 0 Å². The fraction of sp³-hybridized carbons (Fsp3) is 0.294. The van der Waals surface area contributed by atoms with Crippen molar-refractivity contribution in [3.8, 4) is 0 Å². The lowest BCUT2D eigenvalue weighted by molar-refractivity contribution is 0.405. The molecule has 0 unspecified atom stereocenters. The van der Waals surface area contributed by atoms with Crippen LogP contribution in [0.1, 0.15) is 6.42 Å². The molecule has 0 saturated heterocycles. The normalized spacial score (nSPS) is 11.7. The van der Waals surface area contributed by atoms with Crippen LogP contribution in [0, 0.1) is 0 Å². The quantitative estimate of drug-likeness (QED) is 0.649. The van der Waals surface area contributed by atoms with Gasteiger partial charge in [-0.25, -0.2) is 0 Å². The van der Waals surface area contributed by atoms with E-state index in [0.717, 1.165) is 0 Å². The molecule has 0 aliphatic carbocycles. The Labute approximate surface area is 115 Å². The van der Waals surface area contributed by atoms with Gasteiger partial charge >= 0.3 is 0 Å². The van der Waals surface area contributed by atoms with Crippen LogP contribution in [-0.4, -0.2) is 25.5 Å². The third kappa shape index (κ3) is 2.41. The van der Waals surface area contributed by atoms with Crippen LogP contribution in [0.3, 0.4) is 0 Å². The number of hydrogen-bond acceptors (Lipinski definition) is 1. The van der Waals surface area contributed by atoms with Gasteiger partial charge < -0.3 is 4.90 Å². The van der Waals surface area contributed by atoms with Gasteiger partial charge in [-0.05, 0) is 44.0 Å². The van der Waals surface area contributed by atoms with Gasteiger partial charge in [-0.15, -0.1) is 7.53 Å². The van der Waals surface area contributed by atoms with E-state index in [9.17, 15) is 0 Å². The number of rotatable bonds is 4. The van der Waals surface area contributed by atoms with Crippen molar-refractivity contribution in [3.63, 3.8) is 0 Å². The second kappa shape index (κ2) is 5.36. The van der Waals surface area contributed by atoms with Crippen molar-refractivity contribution in [3.05, 3.63) is 48.5 Å². The molecule has 0 bridgehead atoms. The van der Waals surface area contributed by atoms with Gasteiger partial charge in [-0.2, -0.15) is 0 Å². The first kappa shape index (κ1) is 12.7. The number of nitrogens with zero attached hydrogens (tertiary/aromatic N) is 1. The van der Waals surface area contributed by atoms with E-state index in [-0.39, 0.29) is 7.53 Å². The molecular weight excluding hydrogens is 249 g/mol. The van der Waals surface area contributed by atoms with Gasteiger partial charge in [0, 0.05) is 10.2 Å². The van der Waals surface area contributed by atoms with Crippen molar-refractivity contribution >= 4 is 28.5 Å². The molecule has 2 aromatic carbocycles. The largest absolute Gasteiger partial charge is 0.309 e. The number of aryl methyl sites for hydroxylation is 1. The maximum atomic E-state index is 2.33. The molecule has 3 rings (SSSR count). The maximum absolute atomic E-state index is 2.33. The summed E-state index contributed by atoms with van der Waals surface area (Å²) in [5.41, 5.74) is 0. The molecule has 3 aromatic rings.